The van der Waals surface area contributed by atoms with Gasteiger partial charge in [-0.1, -0.05) is 18.2 Å². The van der Waals surface area contributed by atoms with Gasteiger partial charge in [0.15, 0.2) is 0 Å². The third-order valence-electron chi connectivity index (χ3n) is 4.20. The van der Waals surface area contributed by atoms with Crippen molar-refractivity contribution >= 4 is 29.5 Å². The molecule has 1 aromatic carbocycles. The molecular weight excluding hydrogens is 314 g/mol. The molecule has 2 unspecified atom stereocenters. The number of anilines is 1. The summed E-state index contributed by atoms with van der Waals surface area (Å²) in [6.07, 6.45) is 1.32. The number of hydrogen-bond donors (Lipinski definition) is 2. The molecule has 8 heteroatoms. The van der Waals surface area contributed by atoms with Gasteiger partial charge in [0.05, 0.1) is 0 Å². The first-order chi connectivity index (χ1) is 11.0. The number of aromatic amines is 1. The van der Waals surface area contributed by atoms with Gasteiger partial charge in [0, 0.05) is 10.3 Å². The van der Waals surface area contributed by atoms with Crippen LogP contribution in [0.5, 0.6) is 0 Å². The molecule has 2 N–H and O–H groups in total. The molecule has 1 saturated heterocycles. The van der Waals surface area contributed by atoms with Gasteiger partial charge in [0.2, 0.25) is 5.95 Å². The molecule has 2 aliphatic rings. The average molecular weight is 329 g/mol. The van der Waals surface area contributed by atoms with Crippen molar-refractivity contribution in [1.82, 2.24) is 20.1 Å². The number of carbonyl (C=O) groups is 2. The molecule has 2 atom stereocenters. The van der Waals surface area contributed by atoms with Crippen LogP contribution in [0.3, 0.4) is 0 Å². The molecule has 0 bridgehead atoms. The molecule has 2 aromatic rings. The number of hydrogen-bond acceptors (Lipinski definition) is 5. The van der Waals surface area contributed by atoms with Crippen LogP contribution < -0.4 is 5.32 Å². The normalized spacial score (nSPS) is 24.4. The predicted octanol–water partition coefficient (Wildman–Crippen LogP) is 1.79. The molecule has 2 aliphatic heterocycles. The summed E-state index contributed by atoms with van der Waals surface area (Å²) in [7, 11) is 0. The lowest BCUT2D eigenvalue weighted by atomic mass is 10.0. The number of carbonyl (C=O) groups excluding carboxylic acids is 2. The Morgan fingerprint density at radius 1 is 1.39 bits per heavy atom. The Labute approximate surface area is 136 Å². The fourth-order valence-corrected chi connectivity index (χ4v) is 4.84. The van der Waals surface area contributed by atoms with Crippen LogP contribution in [0.2, 0.25) is 0 Å². The molecule has 0 saturated carbocycles. The van der Waals surface area contributed by atoms with E-state index in [9.17, 15) is 9.59 Å². The highest BCUT2D eigenvalue weighted by Gasteiger charge is 2.57. The summed E-state index contributed by atoms with van der Waals surface area (Å²) in [6.45, 7) is 3.97. The first kappa shape index (κ1) is 14.3. The van der Waals surface area contributed by atoms with Gasteiger partial charge in [-0.2, -0.15) is 10.1 Å². The Hall–Kier alpha value is -2.35. The fraction of sp³-hybridized carbons (Fsp3) is 0.333. The van der Waals surface area contributed by atoms with E-state index in [1.807, 2.05) is 38.1 Å². The molecular formula is C15H15N5O2S. The van der Waals surface area contributed by atoms with Gasteiger partial charge in [-0.25, -0.2) is 5.10 Å². The van der Waals surface area contributed by atoms with Crippen molar-refractivity contribution in [3.8, 4) is 0 Å². The zero-order chi connectivity index (χ0) is 16.2. The van der Waals surface area contributed by atoms with E-state index in [0.717, 1.165) is 5.56 Å². The smallest absolute Gasteiger partial charge is 0.256 e. The Balaban J connectivity index is 1.70. The van der Waals surface area contributed by atoms with Crippen LogP contribution in [-0.2, 0) is 4.79 Å². The van der Waals surface area contributed by atoms with Gasteiger partial charge in [-0.05, 0) is 25.5 Å². The first-order valence-electron chi connectivity index (χ1n) is 7.25. The lowest BCUT2D eigenvalue weighted by Crippen LogP contribution is -2.50. The second-order valence-corrected chi connectivity index (χ2v) is 7.83. The highest BCUT2D eigenvalue weighted by Crippen LogP contribution is 2.56. The van der Waals surface area contributed by atoms with E-state index >= 15 is 0 Å². The van der Waals surface area contributed by atoms with E-state index < -0.39 is 10.8 Å². The number of rotatable bonds is 2. The van der Waals surface area contributed by atoms with Crippen LogP contribution >= 0.6 is 11.8 Å². The lowest BCUT2D eigenvalue weighted by molar-refractivity contribution is -0.121. The number of nitrogens with one attached hydrogen (secondary N) is 2. The average Bonchev–Trinajstić information content (AvgIpc) is 3.16. The lowest BCUT2D eigenvalue weighted by Gasteiger charge is -2.29. The number of amides is 2. The minimum atomic E-state index is -0.581. The Bertz CT molecular complexity index is 789. The van der Waals surface area contributed by atoms with Gasteiger partial charge in [-0.3, -0.25) is 14.9 Å². The van der Waals surface area contributed by atoms with Gasteiger partial charge >= 0.3 is 0 Å². The van der Waals surface area contributed by atoms with E-state index in [1.165, 1.54) is 6.33 Å². The zero-order valence-corrected chi connectivity index (χ0v) is 13.4. The standard InChI is InChI=1S/C15H15N5O2S/c1-15(2)10(11(21)18-14-16-7-17-19-14)20-12(22)8-5-3-4-6-9(8)13(20)23-15/h3-7,10,13H,1-2H3,(H2,16,17,18,19,21). The van der Waals surface area contributed by atoms with Crippen molar-refractivity contribution in [2.45, 2.75) is 30.0 Å². The van der Waals surface area contributed by atoms with E-state index in [1.54, 1.807) is 16.7 Å². The summed E-state index contributed by atoms with van der Waals surface area (Å²) in [6, 6.07) is 6.96. The van der Waals surface area contributed by atoms with Crippen molar-refractivity contribution in [2.24, 2.45) is 0 Å². The van der Waals surface area contributed by atoms with Gasteiger partial charge in [0.1, 0.15) is 17.7 Å². The minimum absolute atomic E-state index is 0.0959. The summed E-state index contributed by atoms with van der Waals surface area (Å²) < 4.78 is -0.405. The van der Waals surface area contributed by atoms with Gasteiger partial charge in [0.25, 0.3) is 11.8 Å². The van der Waals surface area contributed by atoms with Gasteiger partial charge < -0.3 is 4.90 Å². The molecule has 7 nitrogen and oxygen atoms in total. The Morgan fingerprint density at radius 3 is 2.91 bits per heavy atom. The maximum absolute atomic E-state index is 12.8. The second-order valence-electron chi connectivity index (χ2n) is 6.10. The zero-order valence-electron chi connectivity index (χ0n) is 12.6. The largest absolute Gasteiger partial charge is 0.309 e. The third-order valence-corrected chi connectivity index (χ3v) is 5.74. The van der Waals surface area contributed by atoms with Crippen molar-refractivity contribution in [3.63, 3.8) is 0 Å². The molecule has 1 aromatic heterocycles. The molecule has 1 fully saturated rings. The van der Waals surface area contributed by atoms with Crippen LogP contribution in [0.15, 0.2) is 30.6 Å². The van der Waals surface area contributed by atoms with Crippen LogP contribution in [0.1, 0.15) is 35.1 Å². The molecule has 118 valence electrons. The number of H-pyrrole nitrogens is 1. The number of aromatic nitrogens is 3. The predicted molar refractivity (Wildman–Crippen MR) is 85.8 cm³/mol. The van der Waals surface area contributed by atoms with Crippen LogP contribution in [-0.4, -0.2) is 42.7 Å². The van der Waals surface area contributed by atoms with Crippen LogP contribution in [0.25, 0.3) is 0 Å². The minimum Gasteiger partial charge on any atom is -0.309 e. The maximum atomic E-state index is 12.8. The van der Waals surface area contributed by atoms with Crippen LogP contribution in [0.4, 0.5) is 5.95 Å². The topological polar surface area (TPSA) is 91.0 Å². The van der Waals surface area contributed by atoms with Crippen molar-refractivity contribution < 1.29 is 9.59 Å². The van der Waals surface area contributed by atoms with Crippen molar-refractivity contribution in [1.29, 1.82) is 0 Å². The highest BCUT2D eigenvalue weighted by atomic mass is 32.2. The monoisotopic (exact) mass is 329 g/mol. The van der Waals surface area contributed by atoms with E-state index in [0.29, 0.717) is 5.56 Å². The van der Waals surface area contributed by atoms with E-state index in [2.05, 4.69) is 20.5 Å². The van der Waals surface area contributed by atoms with E-state index in [4.69, 9.17) is 0 Å². The first-order valence-corrected chi connectivity index (χ1v) is 8.12. The summed E-state index contributed by atoms with van der Waals surface area (Å²) >= 11 is 1.63. The molecule has 0 spiro atoms. The number of thioether (sulfide) groups is 1. The van der Waals surface area contributed by atoms with Crippen molar-refractivity contribution in [3.05, 3.63) is 41.7 Å². The maximum Gasteiger partial charge on any atom is 0.256 e. The Kier molecular flexibility index (Phi) is 2.99. The number of fused-ring (bicyclic) bond motifs is 3. The summed E-state index contributed by atoms with van der Waals surface area (Å²) in [5.41, 5.74) is 1.66. The second kappa shape index (κ2) is 4.82. The number of nitrogens with zero attached hydrogens (tertiary/aromatic N) is 3. The quantitative estimate of drug-likeness (QED) is 0.876. The molecule has 3 heterocycles. The molecule has 4 rings (SSSR count). The number of benzene rings is 1. The van der Waals surface area contributed by atoms with Crippen molar-refractivity contribution in [2.75, 3.05) is 5.32 Å². The van der Waals surface area contributed by atoms with E-state index in [-0.39, 0.29) is 23.1 Å². The summed E-state index contributed by atoms with van der Waals surface area (Å²) in [5.74, 6) is -0.0762. The fourth-order valence-electron chi connectivity index (χ4n) is 3.26. The molecule has 0 aliphatic carbocycles. The van der Waals surface area contributed by atoms with Crippen LogP contribution in [0, 0.1) is 0 Å². The van der Waals surface area contributed by atoms with Gasteiger partial charge in [-0.15, -0.1) is 11.8 Å². The molecule has 0 radical (unpaired) electrons. The SMILES string of the molecule is CC1(C)SC2c3ccccc3C(=O)N2C1C(=O)Nc1ncn[nH]1. The molecule has 23 heavy (non-hydrogen) atoms. The summed E-state index contributed by atoms with van der Waals surface area (Å²) in [4.78, 5) is 31.1. The summed E-state index contributed by atoms with van der Waals surface area (Å²) in [5, 5.41) is 8.90. The Morgan fingerprint density at radius 2 is 2.17 bits per heavy atom. The molecule has 2 amide bonds. The highest BCUT2D eigenvalue weighted by molar-refractivity contribution is 8.01. The third kappa shape index (κ3) is 2.05.